The van der Waals surface area contributed by atoms with E-state index in [0.29, 0.717) is 0 Å². The highest BCUT2D eigenvalue weighted by Crippen LogP contribution is 2.71. The van der Waals surface area contributed by atoms with Crippen LogP contribution >= 0.6 is 0 Å². The summed E-state index contributed by atoms with van der Waals surface area (Å²) < 4.78 is 49.6. The SMILES string of the molecule is CCC(=O)O[C@]1(C(=O)OCC(=O)c2ccco2)[C@H](C)C[C@H]2[C@@H]3C[C@H](F)C4=CC(=O)C=C[C@]4(C)[C@@]3(F)[C@@H](O)C[C@@]21C. The van der Waals surface area contributed by atoms with Crippen LogP contribution in [-0.2, 0) is 23.9 Å². The molecule has 0 bridgehead atoms. The number of hydrogen-bond donors (Lipinski definition) is 1. The lowest BCUT2D eigenvalue weighted by Crippen LogP contribution is -2.71. The standard InChI is InChI=1S/C30H34F2O8/c1-5-25(36)40-30(26(37)39-15-22(34)23-7-6-10-38-23)16(2)11-18-19-13-21(31)20-12-17(33)8-9-27(20,3)29(19,32)24(35)14-28(18,30)4/h6-10,12,16,18-19,21,24,35H,5,11,13-15H2,1-4H3/t16-,18+,19+,21+,24+,27+,28+,29+,30+/m1/s1. The molecule has 10 heteroatoms. The molecular weight excluding hydrogens is 526 g/mol. The van der Waals surface area contributed by atoms with Gasteiger partial charge in [0.15, 0.2) is 23.8 Å². The zero-order chi connectivity index (χ0) is 29.3. The number of fused-ring (bicyclic) bond motifs is 5. The van der Waals surface area contributed by atoms with Gasteiger partial charge in [-0.3, -0.25) is 14.4 Å². The predicted molar refractivity (Wildman–Crippen MR) is 136 cm³/mol. The Hall–Kier alpha value is -3.14. The van der Waals surface area contributed by atoms with E-state index in [-0.39, 0.29) is 37.0 Å². The van der Waals surface area contributed by atoms with Gasteiger partial charge in [-0.2, -0.15) is 0 Å². The second-order valence-corrected chi connectivity index (χ2v) is 12.0. The largest absolute Gasteiger partial charge is 0.461 e. The van der Waals surface area contributed by atoms with Gasteiger partial charge in [-0.05, 0) is 62.0 Å². The van der Waals surface area contributed by atoms with Crippen LogP contribution in [-0.4, -0.2) is 58.8 Å². The number of Topliss-reactive ketones (excluding diaryl/α,β-unsaturated/α-hetero) is 1. The van der Waals surface area contributed by atoms with E-state index in [0.717, 1.165) is 6.08 Å². The fourth-order valence-corrected chi connectivity index (χ4v) is 8.22. The first kappa shape index (κ1) is 28.4. The molecule has 3 saturated carbocycles. The van der Waals surface area contributed by atoms with Gasteiger partial charge in [0, 0.05) is 29.1 Å². The molecule has 1 aromatic heterocycles. The highest BCUT2D eigenvalue weighted by Gasteiger charge is 2.78. The van der Waals surface area contributed by atoms with E-state index in [1.54, 1.807) is 20.8 Å². The monoisotopic (exact) mass is 560 g/mol. The number of esters is 2. The Balaban J connectivity index is 1.56. The van der Waals surface area contributed by atoms with Crippen molar-refractivity contribution < 1.29 is 47.0 Å². The molecule has 0 amide bonds. The number of carbonyl (C=O) groups excluding carboxylic acids is 4. The van der Waals surface area contributed by atoms with Gasteiger partial charge in [0.25, 0.3) is 0 Å². The van der Waals surface area contributed by atoms with Crippen molar-refractivity contribution >= 4 is 23.5 Å². The molecular formula is C30H34F2O8. The van der Waals surface area contributed by atoms with E-state index in [2.05, 4.69) is 0 Å². The second kappa shape index (κ2) is 9.46. The molecule has 8 nitrogen and oxygen atoms in total. The first-order chi connectivity index (χ1) is 18.8. The molecule has 0 radical (unpaired) electrons. The molecule has 1 heterocycles. The molecule has 1 aromatic rings. The van der Waals surface area contributed by atoms with Gasteiger partial charge in [0.2, 0.25) is 11.4 Å². The third-order valence-electron chi connectivity index (χ3n) is 10.2. The van der Waals surface area contributed by atoms with Crippen LogP contribution in [0.1, 0.15) is 63.9 Å². The van der Waals surface area contributed by atoms with E-state index in [1.807, 2.05) is 0 Å². The van der Waals surface area contributed by atoms with Crippen LogP contribution in [0.4, 0.5) is 8.78 Å². The molecule has 40 heavy (non-hydrogen) atoms. The van der Waals surface area contributed by atoms with Crippen LogP contribution in [0.2, 0.25) is 0 Å². The number of allylic oxidation sites excluding steroid dienone is 4. The van der Waals surface area contributed by atoms with Gasteiger partial charge in [0.05, 0.1) is 12.4 Å². The van der Waals surface area contributed by atoms with Crippen molar-refractivity contribution in [3.8, 4) is 0 Å². The number of furan rings is 1. The lowest BCUT2D eigenvalue weighted by Gasteiger charge is -2.63. The molecule has 1 N–H and O–H groups in total. The molecule has 0 saturated heterocycles. The number of alkyl halides is 2. The molecule has 0 aliphatic heterocycles. The number of aliphatic hydroxyl groups excluding tert-OH is 1. The van der Waals surface area contributed by atoms with E-state index in [1.165, 1.54) is 37.5 Å². The number of rotatable bonds is 6. The minimum Gasteiger partial charge on any atom is -0.461 e. The summed E-state index contributed by atoms with van der Waals surface area (Å²) in [7, 11) is 0. The van der Waals surface area contributed by atoms with Crippen LogP contribution < -0.4 is 0 Å². The molecule has 0 aromatic carbocycles. The molecule has 0 spiro atoms. The quantitative estimate of drug-likeness (QED) is 0.405. The fourth-order valence-electron chi connectivity index (χ4n) is 8.22. The fraction of sp³-hybridized carbons (Fsp3) is 0.600. The minimum atomic E-state index is -2.35. The first-order valence-electron chi connectivity index (χ1n) is 13.7. The number of aliphatic hydroxyl groups is 1. The molecule has 4 aliphatic carbocycles. The first-order valence-corrected chi connectivity index (χ1v) is 13.7. The van der Waals surface area contributed by atoms with E-state index in [9.17, 15) is 24.3 Å². The van der Waals surface area contributed by atoms with Crippen LogP contribution in [0.3, 0.4) is 0 Å². The number of halogens is 2. The summed E-state index contributed by atoms with van der Waals surface area (Å²) in [5, 5.41) is 11.6. The highest BCUT2D eigenvalue weighted by atomic mass is 19.1. The molecule has 216 valence electrons. The van der Waals surface area contributed by atoms with Crippen molar-refractivity contribution in [2.24, 2.45) is 28.6 Å². The summed E-state index contributed by atoms with van der Waals surface area (Å²) in [6, 6.07) is 2.93. The molecule has 4 aliphatic rings. The Labute approximate surface area is 230 Å². The Morgan fingerprint density at radius 1 is 1.20 bits per heavy atom. The molecule has 5 rings (SSSR count). The van der Waals surface area contributed by atoms with E-state index >= 15 is 8.78 Å². The van der Waals surface area contributed by atoms with Crippen LogP contribution in [0.25, 0.3) is 0 Å². The zero-order valence-corrected chi connectivity index (χ0v) is 22.9. The van der Waals surface area contributed by atoms with E-state index < -0.39 is 82.2 Å². The van der Waals surface area contributed by atoms with Gasteiger partial charge in [-0.15, -0.1) is 0 Å². The number of ketones is 2. The van der Waals surface area contributed by atoms with Gasteiger partial charge in [-0.25, -0.2) is 13.6 Å². The summed E-state index contributed by atoms with van der Waals surface area (Å²) in [6.07, 6.45) is 1.11. The van der Waals surface area contributed by atoms with Gasteiger partial charge in [-0.1, -0.05) is 26.8 Å². The van der Waals surface area contributed by atoms with Crippen LogP contribution in [0.5, 0.6) is 0 Å². The number of carbonyl (C=O) groups is 4. The van der Waals surface area contributed by atoms with Crippen molar-refractivity contribution in [1.82, 2.24) is 0 Å². The lowest BCUT2D eigenvalue weighted by atomic mass is 9.44. The van der Waals surface area contributed by atoms with Crippen molar-refractivity contribution in [1.29, 1.82) is 0 Å². The third kappa shape index (κ3) is 3.63. The van der Waals surface area contributed by atoms with Crippen molar-refractivity contribution in [3.05, 3.63) is 48.0 Å². The van der Waals surface area contributed by atoms with Crippen molar-refractivity contribution in [2.45, 2.75) is 76.9 Å². The normalized spacial score (nSPS) is 41.8. The van der Waals surface area contributed by atoms with Crippen molar-refractivity contribution in [2.75, 3.05) is 6.61 Å². The van der Waals surface area contributed by atoms with Crippen LogP contribution in [0.15, 0.2) is 46.6 Å². The van der Waals surface area contributed by atoms with Gasteiger partial charge in [0.1, 0.15) is 6.17 Å². The number of ether oxygens (including phenoxy) is 2. The summed E-state index contributed by atoms with van der Waals surface area (Å²) in [5.41, 5.74) is -7.27. The Morgan fingerprint density at radius 3 is 2.58 bits per heavy atom. The average Bonchev–Trinajstić information content (AvgIpc) is 3.52. The molecule has 9 atom stereocenters. The van der Waals surface area contributed by atoms with Gasteiger partial charge >= 0.3 is 11.9 Å². The smallest absolute Gasteiger partial charge is 0.351 e. The maximum atomic E-state index is 17.5. The summed E-state index contributed by atoms with van der Waals surface area (Å²) >= 11 is 0. The maximum Gasteiger partial charge on any atom is 0.351 e. The summed E-state index contributed by atoms with van der Waals surface area (Å²) in [4.78, 5) is 51.2. The summed E-state index contributed by atoms with van der Waals surface area (Å²) in [5.74, 6) is -5.22. The van der Waals surface area contributed by atoms with Gasteiger partial charge < -0.3 is 19.0 Å². The van der Waals surface area contributed by atoms with Crippen molar-refractivity contribution in [3.63, 3.8) is 0 Å². The third-order valence-corrected chi connectivity index (χ3v) is 10.2. The second-order valence-electron chi connectivity index (χ2n) is 12.0. The molecule has 3 fully saturated rings. The predicted octanol–water partition coefficient (Wildman–Crippen LogP) is 4.26. The topological polar surface area (TPSA) is 120 Å². The van der Waals surface area contributed by atoms with E-state index in [4.69, 9.17) is 13.9 Å². The molecule has 0 unspecified atom stereocenters. The van der Waals surface area contributed by atoms with Crippen LogP contribution in [0, 0.1) is 28.6 Å². The Kier molecular flexibility index (Phi) is 6.72. The number of hydrogen-bond acceptors (Lipinski definition) is 8. The Morgan fingerprint density at radius 2 is 1.93 bits per heavy atom. The highest BCUT2D eigenvalue weighted by molar-refractivity contribution is 6.01. The lowest BCUT2D eigenvalue weighted by molar-refractivity contribution is -0.238. The zero-order valence-electron chi connectivity index (χ0n) is 22.9. The maximum absolute atomic E-state index is 17.5. The average molecular weight is 561 g/mol. The Bertz CT molecular complexity index is 1300. The summed E-state index contributed by atoms with van der Waals surface area (Å²) in [6.45, 7) is 5.69. The minimum absolute atomic E-state index is 0.00743.